The Balaban J connectivity index is 1.09. The summed E-state index contributed by atoms with van der Waals surface area (Å²) >= 11 is 0. The first-order valence-electron chi connectivity index (χ1n) is 18.1. The summed E-state index contributed by atoms with van der Waals surface area (Å²) in [6, 6.07) is 35.4. The zero-order valence-corrected chi connectivity index (χ0v) is 28.7. The molecule has 9 rings (SSSR count). The molecule has 0 amide bonds. The van der Waals surface area contributed by atoms with Gasteiger partial charge in [-0.25, -0.2) is 15.0 Å². The summed E-state index contributed by atoms with van der Waals surface area (Å²) in [5.74, 6) is 4.94. The van der Waals surface area contributed by atoms with Gasteiger partial charge >= 0.3 is 0 Å². The molecule has 4 heteroatoms. The van der Waals surface area contributed by atoms with Crippen LogP contribution in [-0.2, 0) is 5.41 Å². The molecule has 4 aromatic carbocycles. The Morgan fingerprint density at radius 3 is 2.00 bits per heavy atom. The molecule has 3 atom stereocenters. The van der Waals surface area contributed by atoms with Gasteiger partial charge in [0.1, 0.15) is 0 Å². The molecular formula is C46H40N4. The van der Waals surface area contributed by atoms with Gasteiger partial charge in [-0.2, -0.15) is 5.26 Å². The van der Waals surface area contributed by atoms with E-state index in [0.29, 0.717) is 29.0 Å². The van der Waals surface area contributed by atoms with Crippen LogP contribution in [0.5, 0.6) is 0 Å². The Labute approximate surface area is 295 Å². The van der Waals surface area contributed by atoms with Gasteiger partial charge in [-0.1, -0.05) is 117 Å². The van der Waals surface area contributed by atoms with E-state index in [-0.39, 0.29) is 5.41 Å². The fraction of sp³-hybridized carbons (Fsp3) is 0.261. The number of hydrogen-bond donors (Lipinski definition) is 0. The Kier molecular flexibility index (Phi) is 7.46. The first-order valence-corrected chi connectivity index (χ1v) is 18.1. The maximum Gasteiger partial charge on any atom is 0.164 e. The van der Waals surface area contributed by atoms with E-state index in [1.54, 1.807) is 0 Å². The summed E-state index contributed by atoms with van der Waals surface area (Å²) in [5.41, 5.74) is 11.6. The van der Waals surface area contributed by atoms with Crippen LogP contribution in [0.25, 0.3) is 51.1 Å². The molecule has 2 fully saturated rings. The summed E-state index contributed by atoms with van der Waals surface area (Å²) in [5, 5.41) is 9.20. The van der Waals surface area contributed by atoms with Crippen LogP contribution in [0, 0.1) is 35.0 Å². The number of hydrogen-bond acceptors (Lipinski definition) is 4. The van der Waals surface area contributed by atoms with Crippen LogP contribution < -0.4 is 0 Å². The second-order valence-corrected chi connectivity index (χ2v) is 15.1. The van der Waals surface area contributed by atoms with Crippen molar-refractivity contribution < 1.29 is 0 Å². The van der Waals surface area contributed by atoms with Crippen LogP contribution in [-0.4, -0.2) is 15.0 Å². The van der Waals surface area contributed by atoms with Gasteiger partial charge < -0.3 is 0 Å². The molecule has 0 spiro atoms. The second-order valence-electron chi connectivity index (χ2n) is 15.1. The highest BCUT2D eigenvalue weighted by molar-refractivity contribution is 5.91. The van der Waals surface area contributed by atoms with Crippen LogP contribution in [0.1, 0.15) is 74.0 Å². The minimum absolute atomic E-state index is 0.220. The highest BCUT2D eigenvalue weighted by Gasteiger charge is 2.47. The standard InChI is InChI=1S/C46H40N4/c1-29-37-21-22-38(29)27-46(2,26-37)42-10-6-9-39-40(42)24-23-33-17-20-36(25-41(33)39)45-49-43(34-7-4-3-5-8-34)48-44(50-45)35-18-15-32(16-19-35)31-13-11-30(28-47)12-14-31/h3-16,18-20,23-25,29,33,37-38H,17,21-22,26-27H2,1-2H3. The number of rotatable bonds is 5. The fourth-order valence-corrected chi connectivity index (χ4v) is 9.34. The highest BCUT2D eigenvalue weighted by atomic mass is 15.0. The van der Waals surface area contributed by atoms with E-state index < -0.39 is 0 Å². The van der Waals surface area contributed by atoms with Gasteiger partial charge in [0.2, 0.25) is 0 Å². The van der Waals surface area contributed by atoms with Crippen molar-refractivity contribution in [1.82, 2.24) is 15.0 Å². The van der Waals surface area contributed by atoms with E-state index in [1.807, 2.05) is 42.5 Å². The lowest BCUT2D eigenvalue weighted by Gasteiger charge is -2.43. The molecule has 244 valence electrons. The number of allylic oxidation sites excluding steroid dienone is 5. The van der Waals surface area contributed by atoms with Gasteiger partial charge in [0.25, 0.3) is 0 Å². The van der Waals surface area contributed by atoms with E-state index in [1.165, 1.54) is 47.9 Å². The van der Waals surface area contributed by atoms with Crippen LogP contribution in [0.4, 0.5) is 0 Å². The summed E-state index contributed by atoms with van der Waals surface area (Å²) in [6.07, 6.45) is 15.8. The number of benzene rings is 4. The van der Waals surface area contributed by atoms with Crippen molar-refractivity contribution in [2.75, 3.05) is 0 Å². The van der Waals surface area contributed by atoms with E-state index in [9.17, 15) is 5.26 Å². The average Bonchev–Trinajstić information content (AvgIpc) is 3.38. The van der Waals surface area contributed by atoms with Gasteiger partial charge in [-0.05, 0) is 107 Å². The normalized spacial score (nSPS) is 24.8. The molecular weight excluding hydrogens is 609 g/mol. The summed E-state index contributed by atoms with van der Waals surface area (Å²) in [6.45, 7) is 5.03. The largest absolute Gasteiger partial charge is 0.208 e. The lowest BCUT2D eigenvalue weighted by Crippen LogP contribution is -2.36. The number of aromatic nitrogens is 3. The molecule has 0 N–H and O–H groups in total. The minimum atomic E-state index is 0.220. The number of fused-ring (bicyclic) bond motifs is 5. The summed E-state index contributed by atoms with van der Waals surface area (Å²) < 4.78 is 0. The van der Waals surface area contributed by atoms with E-state index in [2.05, 4.69) is 98.8 Å². The van der Waals surface area contributed by atoms with Crippen molar-refractivity contribution in [2.24, 2.45) is 23.7 Å². The van der Waals surface area contributed by atoms with E-state index in [4.69, 9.17) is 15.0 Å². The molecule has 4 nitrogen and oxygen atoms in total. The molecule has 0 aliphatic heterocycles. The van der Waals surface area contributed by atoms with Gasteiger partial charge in [0.05, 0.1) is 11.6 Å². The third-order valence-electron chi connectivity index (χ3n) is 12.1. The van der Waals surface area contributed by atoms with Crippen LogP contribution in [0.3, 0.4) is 0 Å². The van der Waals surface area contributed by atoms with E-state index >= 15 is 0 Å². The fourth-order valence-electron chi connectivity index (χ4n) is 9.34. The Bertz CT molecular complexity index is 2220. The Morgan fingerprint density at radius 1 is 0.700 bits per heavy atom. The van der Waals surface area contributed by atoms with Gasteiger partial charge in [0.15, 0.2) is 17.5 Å². The van der Waals surface area contributed by atoms with Gasteiger partial charge in [0, 0.05) is 22.6 Å². The quantitative estimate of drug-likeness (QED) is 0.190. The Morgan fingerprint density at radius 2 is 1.32 bits per heavy atom. The predicted octanol–water partition coefficient (Wildman–Crippen LogP) is 11.0. The lowest BCUT2D eigenvalue weighted by atomic mass is 9.61. The third kappa shape index (κ3) is 5.33. The summed E-state index contributed by atoms with van der Waals surface area (Å²) in [7, 11) is 0. The first kappa shape index (κ1) is 30.6. The summed E-state index contributed by atoms with van der Waals surface area (Å²) in [4.78, 5) is 15.2. The number of nitrogens with zero attached hydrogens (tertiary/aromatic N) is 4. The molecule has 1 aromatic heterocycles. The van der Waals surface area contributed by atoms with Crippen molar-refractivity contribution in [3.63, 3.8) is 0 Å². The third-order valence-corrected chi connectivity index (χ3v) is 12.1. The smallest absolute Gasteiger partial charge is 0.164 e. The molecule has 2 saturated carbocycles. The molecule has 5 aromatic rings. The second kappa shape index (κ2) is 12.2. The Hall–Kier alpha value is -5.40. The SMILES string of the molecule is CC1C2CCC1CC(C)(c1cccc3c1C=CC1CC=C(c4nc(-c5ccccc5)nc(-c5ccc(-c6ccc(C#N)cc6)cc5)n4)C=C31)C2. The van der Waals surface area contributed by atoms with Crippen LogP contribution >= 0.6 is 0 Å². The van der Waals surface area contributed by atoms with Crippen molar-refractivity contribution in [1.29, 1.82) is 5.26 Å². The first-order chi connectivity index (χ1) is 24.5. The van der Waals surface area contributed by atoms with Crippen molar-refractivity contribution in [3.8, 4) is 40.0 Å². The maximum atomic E-state index is 9.20. The zero-order valence-electron chi connectivity index (χ0n) is 28.7. The van der Waals surface area contributed by atoms with Gasteiger partial charge in [-0.3, -0.25) is 0 Å². The molecule has 3 unspecified atom stereocenters. The molecule has 0 saturated heterocycles. The lowest BCUT2D eigenvalue weighted by molar-refractivity contribution is 0.162. The maximum absolute atomic E-state index is 9.20. The molecule has 50 heavy (non-hydrogen) atoms. The van der Waals surface area contributed by atoms with Crippen molar-refractivity contribution >= 4 is 17.2 Å². The molecule has 1 heterocycles. The monoisotopic (exact) mass is 648 g/mol. The highest BCUT2D eigenvalue weighted by Crippen LogP contribution is 2.56. The molecule has 4 aliphatic carbocycles. The molecule has 2 bridgehead atoms. The predicted molar refractivity (Wildman–Crippen MR) is 202 cm³/mol. The molecule has 0 radical (unpaired) electrons. The van der Waals surface area contributed by atoms with Crippen LogP contribution in [0.2, 0.25) is 0 Å². The topological polar surface area (TPSA) is 62.5 Å². The van der Waals surface area contributed by atoms with Crippen molar-refractivity contribution in [3.05, 3.63) is 143 Å². The minimum Gasteiger partial charge on any atom is -0.208 e. The van der Waals surface area contributed by atoms with Crippen LogP contribution in [0.15, 0.2) is 115 Å². The van der Waals surface area contributed by atoms with Gasteiger partial charge in [-0.15, -0.1) is 0 Å². The van der Waals surface area contributed by atoms with E-state index in [0.717, 1.165) is 52.0 Å². The number of nitriles is 1. The van der Waals surface area contributed by atoms with Crippen molar-refractivity contribution in [2.45, 2.75) is 51.4 Å². The molecule has 4 aliphatic rings. The average molecular weight is 649 g/mol. The zero-order chi connectivity index (χ0) is 33.8.